The summed E-state index contributed by atoms with van der Waals surface area (Å²) >= 11 is 0. The SMILES string of the molecule is C[C@]12O[C@H]([C@H](O)[C@@H](O)[C@@H]1O)n1c3cc(F)c(F)cc3c3c4c[nH]c(O)c4c4c5cc(F)c(F)cc5n2c4c31. The first kappa shape index (κ1) is 22.2. The highest BCUT2D eigenvalue weighted by Crippen LogP contribution is 2.54. The van der Waals surface area contributed by atoms with Gasteiger partial charge >= 0.3 is 0 Å². The number of aliphatic hydroxyl groups excluding tert-OH is 3. The van der Waals surface area contributed by atoms with Gasteiger partial charge in [-0.25, -0.2) is 17.6 Å². The number of hydrogen-bond donors (Lipinski definition) is 5. The quantitative estimate of drug-likeness (QED) is 0.192. The Labute approximate surface area is 208 Å². The molecule has 38 heavy (non-hydrogen) atoms. The highest BCUT2D eigenvalue weighted by atomic mass is 19.2. The van der Waals surface area contributed by atoms with Crippen LogP contribution in [0, 0.1) is 23.3 Å². The van der Waals surface area contributed by atoms with Gasteiger partial charge in [-0.1, -0.05) is 0 Å². The number of aromatic hydroxyl groups is 1. The van der Waals surface area contributed by atoms with Crippen LogP contribution in [0.5, 0.6) is 5.88 Å². The van der Waals surface area contributed by atoms with Crippen molar-refractivity contribution in [1.82, 2.24) is 14.1 Å². The van der Waals surface area contributed by atoms with E-state index in [0.29, 0.717) is 10.8 Å². The number of aliphatic hydroxyl groups is 3. The molecule has 12 heteroatoms. The van der Waals surface area contributed by atoms with Crippen molar-refractivity contribution in [3.63, 3.8) is 0 Å². The molecule has 2 aliphatic heterocycles. The van der Waals surface area contributed by atoms with Crippen molar-refractivity contribution in [3.05, 3.63) is 53.7 Å². The molecule has 5 atom stereocenters. The molecule has 6 aromatic rings. The van der Waals surface area contributed by atoms with E-state index < -0.39 is 53.5 Å². The Morgan fingerprint density at radius 2 is 1.39 bits per heavy atom. The van der Waals surface area contributed by atoms with Gasteiger partial charge in [0.15, 0.2) is 41.1 Å². The number of halogens is 4. The fraction of sp³-hybridized carbons (Fsp3) is 0.231. The van der Waals surface area contributed by atoms with Crippen LogP contribution in [0.1, 0.15) is 13.2 Å². The van der Waals surface area contributed by atoms with Crippen LogP contribution in [-0.2, 0) is 10.5 Å². The first-order valence-corrected chi connectivity index (χ1v) is 11.7. The number of benzene rings is 3. The van der Waals surface area contributed by atoms with E-state index in [2.05, 4.69) is 4.98 Å². The highest BCUT2D eigenvalue weighted by molar-refractivity contribution is 6.37. The Kier molecular flexibility index (Phi) is 3.84. The van der Waals surface area contributed by atoms with Gasteiger partial charge in [0.05, 0.1) is 27.5 Å². The van der Waals surface area contributed by atoms with Crippen molar-refractivity contribution in [2.24, 2.45) is 0 Å². The third-order valence-electron chi connectivity index (χ3n) is 8.23. The average molecular weight is 527 g/mol. The third kappa shape index (κ3) is 2.24. The molecule has 5 N–H and O–H groups in total. The Morgan fingerprint density at radius 3 is 2.08 bits per heavy atom. The van der Waals surface area contributed by atoms with Gasteiger partial charge in [-0.15, -0.1) is 0 Å². The molecular formula is C26H17F4N3O5. The van der Waals surface area contributed by atoms with Crippen molar-refractivity contribution >= 4 is 54.4 Å². The van der Waals surface area contributed by atoms with Crippen LogP contribution in [-0.4, -0.2) is 52.9 Å². The van der Waals surface area contributed by atoms with E-state index in [9.17, 15) is 38.0 Å². The molecule has 194 valence electrons. The fourth-order valence-electron chi connectivity index (χ4n) is 6.60. The molecule has 0 unspecified atom stereocenters. The molecule has 0 amide bonds. The minimum atomic E-state index is -1.86. The summed E-state index contributed by atoms with van der Waals surface area (Å²) in [6, 6.07) is 3.78. The van der Waals surface area contributed by atoms with Gasteiger partial charge in [-0.05, 0) is 19.1 Å². The topological polar surface area (TPSA) is 116 Å². The summed E-state index contributed by atoms with van der Waals surface area (Å²) in [6.07, 6.45) is -5.19. The van der Waals surface area contributed by atoms with Crippen LogP contribution >= 0.6 is 0 Å². The zero-order valence-corrected chi connectivity index (χ0v) is 19.3. The van der Waals surface area contributed by atoms with E-state index >= 15 is 0 Å². The van der Waals surface area contributed by atoms with E-state index in [1.54, 1.807) is 0 Å². The second-order valence-corrected chi connectivity index (χ2v) is 10.1. The summed E-state index contributed by atoms with van der Waals surface area (Å²) in [5.41, 5.74) is -1.22. The highest BCUT2D eigenvalue weighted by Gasteiger charge is 2.56. The van der Waals surface area contributed by atoms with Gasteiger partial charge in [0.2, 0.25) is 0 Å². The molecule has 8 nitrogen and oxygen atoms in total. The standard InChI is InChI=1S/C26H17F4N3O5/c1-26-23(36)21(34)22(35)25(38-26)32-14-4-12(29)10(27)2-7(14)16-9-6-31-24(37)18(9)17-8-3-11(28)13(30)5-15(8)33(26)20(17)19(16)32/h2-6,21-23,25,31,34-37H,1H3/t21-,22-,23+,25-,26+/m1/s1. The van der Waals surface area contributed by atoms with E-state index in [1.165, 1.54) is 22.3 Å². The predicted molar refractivity (Wildman–Crippen MR) is 128 cm³/mol. The second kappa shape index (κ2) is 6.59. The first-order chi connectivity index (χ1) is 18.0. The number of H-pyrrole nitrogens is 1. The van der Waals surface area contributed by atoms with Crippen LogP contribution < -0.4 is 0 Å². The fourth-order valence-corrected chi connectivity index (χ4v) is 6.60. The number of aromatic nitrogens is 3. The van der Waals surface area contributed by atoms with Crippen molar-refractivity contribution in [2.45, 2.75) is 37.2 Å². The van der Waals surface area contributed by atoms with Crippen LogP contribution in [0.3, 0.4) is 0 Å². The molecular weight excluding hydrogens is 510 g/mol. The van der Waals surface area contributed by atoms with Crippen LogP contribution in [0.25, 0.3) is 54.4 Å². The third-order valence-corrected chi connectivity index (χ3v) is 8.23. The number of rotatable bonds is 0. The number of hydrogen-bond acceptors (Lipinski definition) is 5. The van der Waals surface area contributed by atoms with Gasteiger partial charge in [-0.3, -0.25) is 0 Å². The number of ether oxygens (including phenoxy) is 1. The maximum absolute atomic E-state index is 14.7. The Morgan fingerprint density at radius 1 is 0.789 bits per heavy atom. The van der Waals surface area contributed by atoms with Gasteiger partial charge in [0.1, 0.15) is 18.3 Å². The summed E-state index contributed by atoms with van der Waals surface area (Å²) in [5.74, 6) is -4.99. The van der Waals surface area contributed by atoms with Crippen molar-refractivity contribution in [2.75, 3.05) is 0 Å². The lowest BCUT2D eigenvalue weighted by Gasteiger charge is -2.47. The lowest BCUT2D eigenvalue weighted by Crippen LogP contribution is -2.61. The first-order valence-electron chi connectivity index (χ1n) is 11.7. The smallest absolute Gasteiger partial charge is 0.197 e. The van der Waals surface area contributed by atoms with E-state index in [-0.39, 0.29) is 49.5 Å². The lowest BCUT2D eigenvalue weighted by atomic mass is 9.93. The van der Waals surface area contributed by atoms with E-state index in [4.69, 9.17) is 4.74 Å². The van der Waals surface area contributed by atoms with E-state index in [1.807, 2.05) is 0 Å². The maximum Gasteiger partial charge on any atom is 0.197 e. The molecule has 0 spiro atoms. The zero-order chi connectivity index (χ0) is 26.6. The van der Waals surface area contributed by atoms with Crippen LogP contribution in [0.4, 0.5) is 17.6 Å². The van der Waals surface area contributed by atoms with Gasteiger partial charge in [0.25, 0.3) is 0 Å². The molecule has 2 bridgehead atoms. The molecule has 0 aliphatic carbocycles. The number of aromatic amines is 1. The monoisotopic (exact) mass is 527 g/mol. The van der Waals surface area contributed by atoms with E-state index in [0.717, 1.165) is 24.3 Å². The predicted octanol–water partition coefficient (Wildman–Crippen LogP) is 3.94. The lowest BCUT2D eigenvalue weighted by molar-refractivity contribution is -0.309. The Bertz CT molecular complexity index is 2060. The molecule has 2 aliphatic rings. The van der Waals surface area contributed by atoms with Crippen molar-refractivity contribution in [1.29, 1.82) is 0 Å². The molecule has 5 heterocycles. The molecule has 1 fully saturated rings. The molecule has 0 radical (unpaired) electrons. The molecule has 0 saturated carbocycles. The normalized spacial score (nSPS) is 27.1. The van der Waals surface area contributed by atoms with Gasteiger partial charge in [0, 0.05) is 45.3 Å². The summed E-state index contributed by atoms with van der Waals surface area (Å²) in [7, 11) is 0. The van der Waals surface area contributed by atoms with Crippen LogP contribution in [0.2, 0.25) is 0 Å². The summed E-state index contributed by atoms with van der Waals surface area (Å²) < 4.78 is 67.5. The van der Waals surface area contributed by atoms with Crippen molar-refractivity contribution < 1.29 is 42.7 Å². The number of nitrogens with one attached hydrogen (secondary N) is 1. The number of nitrogens with zero attached hydrogens (tertiary/aromatic N) is 2. The molecule has 3 aromatic carbocycles. The summed E-state index contributed by atoms with van der Waals surface area (Å²) in [6.45, 7) is 1.42. The zero-order valence-electron chi connectivity index (χ0n) is 19.3. The summed E-state index contributed by atoms with van der Waals surface area (Å²) in [4.78, 5) is 2.71. The maximum atomic E-state index is 14.7. The Hall–Kier alpha value is -3.84. The minimum absolute atomic E-state index is 0.0632. The largest absolute Gasteiger partial charge is 0.494 e. The number of fused-ring (bicyclic) bond motifs is 13. The molecule has 3 aromatic heterocycles. The van der Waals surface area contributed by atoms with Crippen molar-refractivity contribution in [3.8, 4) is 5.88 Å². The van der Waals surface area contributed by atoms with Crippen LogP contribution in [0.15, 0.2) is 30.5 Å². The molecule has 1 saturated heterocycles. The second-order valence-electron chi connectivity index (χ2n) is 10.1. The minimum Gasteiger partial charge on any atom is -0.494 e. The van der Waals surface area contributed by atoms with Gasteiger partial charge in [-0.2, -0.15) is 0 Å². The summed E-state index contributed by atoms with van der Waals surface area (Å²) in [5, 5.41) is 45.5. The Balaban J connectivity index is 1.80. The average Bonchev–Trinajstić information content (AvgIpc) is 3.48. The molecule has 8 rings (SSSR count). The van der Waals surface area contributed by atoms with Gasteiger partial charge < -0.3 is 39.3 Å².